The van der Waals surface area contributed by atoms with Crippen LogP contribution in [0.4, 0.5) is 13.2 Å². The van der Waals surface area contributed by atoms with Crippen LogP contribution < -0.4 is 0 Å². The fraction of sp³-hybridized carbons (Fsp3) is 0.200. The van der Waals surface area contributed by atoms with Gasteiger partial charge < -0.3 is 10.3 Å². The minimum absolute atomic E-state index is 0.167. The van der Waals surface area contributed by atoms with Gasteiger partial charge in [-0.05, 0) is 6.07 Å². The van der Waals surface area contributed by atoms with Gasteiger partial charge in [-0.15, -0.1) is 0 Å². The third-order valence-electron chi connectivity index (χ3n) is 1.86. The summed E-state index contributed by atoms with van der Waals surface area (Å²) in [6, 6.07) is 4.73. The number of nitrogens with zero attached hydrogens (tertiary/aromatic N) is 2. The number of rotatable bonds is 3. The highest BCUT2D eigenvalue weighted by Crippen LogP contribution is 2.31. The van der Waals surface area contributed by atoms with Crippen molar-refractivity contribution < 1.29 is 27.5 Å². The number of halogens is 3. The van der Waals surface area contributed by atoms with Crippen molar-refractivity contribution in [1.82, 2.24) is 0 Å². The van der Waals surface area contributed by atoms with E-state index in [-0.39, 0.29) is 5.56 Å². The summed E-state index contributed by atoms with van der Waals surface area (Å²) in [4.78, 5) is 13.2. The second-order valence-electron chi connectivity index (χ2n) is 3.01. The summed E-state index contributed by atoms with van der Waals surface area (Å²) in [5.41, 5.74) is 6.97. The Kier molecular flexibility index (Phi) is 4.01. The molecule has 0 amide bonds. The van der Waals surface area contributed by atoms with Crippen molar-refractivity contribution in [3.8, 4) is 0 Å². The van der Waals surface area contributed by atoms with Crippen LogP contribution in [-0.2, 0) is 22.3 Å². The maximum absolute atomic E-state index is 12.5. The van der Waals surface area contributed by atoms with Crippen molar-refractivity contribution in [2.75, 3.05) is 0 Å². The van der Waals surface area contributed by atoms with Crippen LogP contribution in [0.2, 0.25) is 0 Å². The van der Waals surface area contributed by atoms with E-state index in [1.54, 1.807) is 0 Å². The van der Waals surface area contributed by atoms with Gasteiger partial charge in [-0.1, -0.05) is 18.2 Å². The maximum atomic E-state index is 12.5. The van der Waals surface area contributed by atoms with Crippen LogP contribution in [-0.4, -0.2) is 17.0 Å². The lowest BCUT2D eigenvalue weighted by Crippen LogP contribution is -2.12. The van der Waals surface area contributed by atoms with Gasteiger partial charge in [0.1, 0.15) is 6.61 Å². The predicted molar refractivity (Wildman–Crippen MR) is 50.9 cm³/mol. The van der Waals surface area contributed by atoms with Crippen molar-refractivity contribution in [2.45, 2.75) is 12.8 Å². The van der Waals surface area contributed by atoms with Gasteiger partial charge >= 0.3 is 18.4 Å². The first-order valence-corrected chi connectivity index (χ1v) is 4.44. The smallest absolute Gasteiger partial charge is 0.416 e. The van der Waals surface area contributed by atoms with Gasteiger partial charge in [0.15, 0.2) is 0 Å². The first kappa shape index (κ1) is 12.9. The van der Waals surface area contributed by atoms with Crippen LogP contribution in [0.1, 0.15) is 11.1 Å². The number of carbonyl (C=O) groups excluding carboxylic acids is 1. The van der Waals surface area contributed by atoms with Crippen LogP contribution in [0.5, 0.6) is 0 Å². The first-order chi connectivity index (χ1) is 7.95. The number of hydrogen-bond donors (Lipinski definition) is 0. The monoisotopic (exact) mass is 244 g/mol. The summed E-state index contributed by atoms with van der Waals surface area (Å²) in [7, 11) is 0. The summed E-state index contributed by atoms with van der Waals surface area (Å²) in [6.07, 6.45) is -4.05. The van der Waals surface area contributed by atoms with E-state index in [1.165, 1.54) is 18.2 Å². The normalized spacial score (nSPS) is 10.5. The molecule has 4 nitrogen and oxygen atoms in total. The van der Waals surface area contributed by atoms with Gasteiger partial charge in [0.05, 0.1) is 5.56 Å². The van der Waals surface area contributed by atoms with E-state index in [1.807, 2.05) is 0 Å². The molecule has 1 rings (SSSR count). The highest BCUT2D eigenvalue weighted by molar-refractivity contribution is 6.20. The Morgan fingerprint density at radius 2 is 2.06 bits per heavy atom. The number of hydrogen-bond acceptors (Lipinski definition) is 2. The second kappa shape index (κ2) is 5.27. The van der Waals surface area contributed by atoms with E-state index in [0.29, 0.717) is 6.21 Å². The van der Waals surface area contributed by atoms with E-state index in [4.69, 9.17) is 5.53 Å². The molecule has 7 heteroatoms. The zero-order chi connectivity index (χ0) is 12.9. The topological polar surface area (TPSA) is 62.7 Å². The molecule has 0 aliphatic rings. The summed E-state index contributed by atoms with van der Waals surface area (Å²) >= 11 is 0. The quantitative estimate of drug-likeness (QED) is 0.353. The summed E-state index contributed by atoms with van der Waals surface area (Å²) < 4.78 is 42.0. The van der Waals surface area contributed by atoms with Crippen molar-refractivity contribution in [3.63, 3.8) is 0 Å². The standard InChI is InChI=1S/C10H7F3N2O2/c11-10(12,13)8-4-2-1-3-7(8)6-17-9(16)5-15-14/h1-5H,6H2. The minimum atomic E-state index is -4.51. The number of ether oxygens (including phenoxy) is 1. The zero-order valence-corrected chi connectivity index (χ0v) is 8.44. The van der Waals surface area contributed by atoms with Crippen LogP contribution in [0.25, 0.3) is 5.53 Å². The van der Waals surface area contributed by atoms with E-state index in [2.05, 4.69) is 9.53 Å². The van der Waals surface area contributed by atoms with Crippen LogP contribution in [0, 0.1) is 0 Å². The molecule has 0 radical (unpaired) electrons. The van der Waals surface area contributed by atoms with Crippen molar-refractivity contribution in [1.29, 1.82) is 0 Å². The van der Waals surface area contributed by atoms with E-state index in [0.717, 1.165) is 6.07 Å². The summed E-state index contributed by atoms with van der Waals surface area (Å²) in [5, 5.41) is 0. The molecule has 0 saturated carbocycles. The molecular weight excluding hydrogens is 237 g/mol. The molecule has 0 aliphatic heterocycles. The Morgan fingerprint density at radius 3 is 2.65 bits per heavy atom. The molecule has 0 spiro atoms. The predicted octanol–water partition coefficient (Wildman–Crippen LogP) is 2.05. The van der Waals surface area contributed by atoms with Gasteiger partial charge in [-0.3, -0.25) is 0 Å². The molecule has 0 fully saturated rings. The van der Waals surface area contributed by atoms with Gasteiger partial charge in [-0.25, -0.2) is 4.79 Å². The highest BCUT2D eigenvalue weighted by Gasteiger charge is 2.33. The fourth-order valence-corrected chi connectivity index (χ4v) is 1.16. The molecule has 0 N–H and O–H groups in total. The SMILES string of the molecule is [N-]=[N+]=CC(=O)OCc1ccccc1C(F)(F)F. The number of carbonyl (C=O) groups is 1. The first-order valence-electron chi connectivity index (χ1n) is 4.44. The van der Waals surface area contributed by atoms with E-state index >= 15 is 0 Å². The molecule has 1 aromatic rings. The summed E-state index contributed by atoms with van der Waals surface area (Å²) in [5.74, 6) is -1.02. The second-order valence-corrected chi connectivity index (χ2v) is 3.01. The molecule has 0 unspecified atom stereocenters. The zero-order valence-electron chi connectivity index (χ0n) is 8.44. The lowest BCUT2D eigenvalue weighted by Gasteiger charge is -2.11. The summed E-state index contributed by atoms with van der Waals surface area (Å²) in [6.45, 7) is -0.541. The van der Waals surface area contributed by atoms with E-state index < -0.39 is 24.3 Å². The molecule has 0 bridgehead atoms. The van der Waals surface area contributed by atoms with Crippen molar-refractivity contribution in [3.05, 3.63) is 40.9 Å². The Balaban J connectivity index is 2.85. The number of alkyl halides is 3. The van der Waals surface area contributed by atoms with Gasteiger partial charge in [0.2, 0.25) is 0 Å². The minimum Gasteiger partial charge on any atom is -0.452 e. The van der Waals surface area contributed by atoms with E-state index in [9.17, 15) is 18.0 Å². The lowest BCUT2D eigenvalue weighted by atomic mass is 10.1. The fourth-order valence-electron chi connectivity index (χ4n) is 1.16. The average molecular weight is 244 g/mol. The van der Waals surface area contributed by atoms with Crippen LogP contribution in [0.15, 0.2) is 24.3 Å². The lowest BCUT2D eigenvalue weighted by molar-refractivity contribution is -0.144. The Bertz CT molecular complexity index is 465. The molecule has 0 heterocycles. The van der Waals surface area contributed by atoms with Gasteiger partial charge in [0, 0.05) is 5.56 Å². The molecule has 0 saturated heterocycles. The van der Waals surface area contributed by atoms with Gasteiger partial charge in [0.25, 0.3) is 0 Å². The number of benzene rings is 1. The third-order valence-corrected chi connectivity index (χ3v) is 1.86. The number of esters is 1. The Labute approximate surface area is 94.2 Å². The van der Waals surface area contributed by atoms with Crippen molar-refractivity contribution >= 4 is 12.2 Å². The molecule has 0 aromatic heterocycles. The largest absolute Gasteiger partial charge is 0.452 e. The van der Waals surface area contributed by atoms with Crippen LogP contribution >= 0.6 is 0 Å². The Hall–Kier alpha value is -2.14. The average Bonchev–Trinajstić information content (AvgIpc) is 2.26. The van der Waals surface area contributed by atoms with Crippen LogP contribution in [0.3, 0.4) is 0 Å². The molecule has 0 atom stereocenters. The van der Waals surface area contributed by atoms with Gasteiger partial charge in [-0.2, -0.15) is 18.0 Å². The highest BCUT2D eigenvalue weighted by atomic mass is 19.4. The molecule has 1 aromatic carbocycles. The van der Waals surface area contributed by atoms with Crippen molar-refractivity contribution in [2.24, 2.45) is 0 Å². The Morgan fingerprint density at radius 1 is 1.41 bits per heavy atom. The molecule has 17 heavy (non-hydrogen) atoms. The molecule has 0 aliphatic carbocycles. The maximum Gasteiger partial charge on any atom is 0.416 e. The molecular formula is C10H7F3N2O2. The third kappa shape index (κ3) is 3.73. The molecule has 90 valence electrons.